The van der Waals surface area contributed by atoms with Crippen molar-refractivity contribution in [2.24, 2.45) is 0 Å². The average Bonchev–Trinajstić information content (AvgIpc) is 3.30. The number of carbonyl (C=O) groups excluding carboxylic acids is 1. The minimum absolute atomic E-state index is 0.0381. The van der Waals surface area contributed by atoms with Crippen LogP contribution in [0.2, 0.25) is 5.02 Å². The van der Waals surface area contributed by atoms with E-state index in [0.717, 1.165) is 32.4 Å². The number of benzene rings is 2. The Hall–Kier alpha value is -2.97. The molecule has 0 aliphatic rings. The van der Waals surface area contributed by atoms with Crippen molar-refractivity contribution in [2.45, 2.75) is 13.5 Å². The normalized spacial score (nSPS) is 11.1. The first-order chi connectivity index (χ1) is 14.4. The van der Waals surface area contributed by atoms with Crippen molar-refractivity contribution in [3.05, 3.63) is 70.6 Å². The molecule has 154 valence electrons. The first kappa shape index (κ1) is 20.3. The summed E-state index contributed by atoms with van der Waals surface area (Å²) in [5, 5.41) is 8.18. The van der Waals surface area contributed by atoms with Crippen molar-refractivity contribution < 1.29 is 9.18 Å². The zero-order chi connectivity index (χ0) is 21.3. The molecule has 1 N–H and O–H groups in total. The molecule has 0 aliphatic carbocycles. The third-order valence-electron chi connectivity index (χ3n) is 4.56. The number of likely N-dealkylation sites (N-methyl/N-ethyl adjacent to an activating group) is 1. The lowest BCUT2D eigenvalue weighted by atomic mass is 10.2. The molecule has 0 aliphatic heterocycles. The van der Waals surface area contributed by atoms with Crippen LogP contribution in [0.15, 0.2) is 48.5 Å². The van der Waals surface area contributed by atoms with Crippen LogP contribution < -0.4 is 10.2 Å². The average molecular weight is 444 g/mol. The van der Waals surface area contributed by atoms with E-state index in [2.05, 4.69) is 10.4 Å². The van der Waals surface area contributed by atoms with Crippen LogP contribution in [-0.4, -0.2) is 34.3 Å². The van der Waals surface area contributed by atoms with Crippen molar-refractivity contribution in [1.29, 1.82) is 0 Å². The number of halogens is 2. The van der Waals surface area contributed by atoms with Crippen LogP contribution in [0.4, 0.5) is 9.52 Å². The van der Waals surface area contributed by atoms with Gasteiger partial charge in [0, 0.05) is 13.6 Å². The Morgan fingerprint density at radius 3 is 2.77 bits per heavy atom. The molecule has 0 radical (unpaired) electrons. The van der Waals surface area contributed by atoms with E-state index in [-0.39, 0.29) is 24.0 Å². The minimum atomic E-state index is -0.480. The maximum atomic E-state index is 13.2. The van der Waals surface area contributed by atoms with E-state index in [1.54, 1.807) is 11.0 Å². The molecule has 2 heterocycles. The Morgan fingerprint density at radius 1 is 1.27 bits per heavy atom. The highest BCUT2D eigenvalue weighted by molar-refractivity contribution is 7.22. The van der Waals surface area contributed by atoms with E-state index in [0.29, 0.717) is 0 Å². The number of carbonyl (C=O) groups is 1. The van der Waals surface area contributed by atoms with Crippen molar-refractivity contribution in [3.63, 3.8) is 0 Å². The van der Waals surface area contributed by atoms with Gasteiger partial charge in [0.1, 0.15) is 5.82 Å². The summed E-state index contributed by atoms with van der Waals surface area (Å²) in [7, 11) is 1.82. The third-order valence-corrected chi connectivity index (χ3v) is 6.12. The number of aromatic nitrogens is 3. The molecule has 6 nitrogen and oxygen atoms in total. The summed E-state index contributed by atoms with van der Waals surface area (Å²) in [6.07, 6.45) is 0. The predicted octanol–water partition coefficient (Wildman–Crippen LogP) is 4.34. The second-order valence-corrected chi connectivity index (χ2v) is 8.25. The monoisotopic (exact) mass is 443 g/mol. The zero-order valence-electron chi connectivity index (χ0n) is 16.4. The van der Waals surface area contributed by atoms with Gasteiger partial charge < -0.3 is 10.2 Å². The fourth-order valence-corrected chi connectivity index (χ4v) is 4.17. The summed E-state index contributed by atoms with van der Waals surface area (Å²) >= 11 is 7.28. The first-order valence-corrected chi connectivity index (χ1v) is 10.4. The van der Waals surface area contributed by atoms with E-state index in [1.807, 2.05) is 49.0 Å². The van der Waals surface area contributed by atoms with Crippen LogP contribution in [0.1, 0.15) is 11.3 Å². The maximum Gasteiger partial charge on any atom is 0.239 e. The predicted molar refractivity (Wildman–Crippen MR) is 118 cm³/mol. The molecule has 0 unspecified atom stereocenters. The topological polar surface area (TPSA) is 63.1 Å². The Kier molecular flexibility index (Phi) is 5.69. The van der Waals surface area contributed by atoms with Gasteiger partial charge in [-0.05, 0) is 36.8 Å². The van der Waals surface area contributed by atoms with Gasteiger partial charge in [0.15, 0.2) is 10.8 Å². The number of thiazole rings is 1. The second-order valence-electron chi connectivity index (χ2n) is 6.86. The highest BCUT2D eigenvalue weighted by Gasteiger charge is 2.18. The molecule has 4 aromatic rings. The smallest absolute Gasteiger partial charge is 0.239 e. The third kappa shape index (κ3) is 4.15. The summed E-state index contributed by atoms with van der Waals surface area (Å²) in [5.74, 6) is -0.648. The summed E-state index contributed by atoms with van der Waals surface area (Å²) in [6.45, 7) is 2.36. The van der Waals surface area contributed by atoms with Crippen molar-refractivity contribution >= 4 is 44.3 Å². The lowest BCUT2D eigenvalue weighted by Crippen LogP contribution is -2.34. The van der Waals surface area contributed by atoms with Gasteiger partial charge in [0.05, 0.1) is 27.6 Å². The van der Waals surface area contributed by atoms with E-state index in [1.165, 1.54) is 23.5 Å². The van der Waals surface area contributed by atoms with Crippen LogP contribution in [0.3, 0.4) is 0 Å². The van der Waals surface area contributed by atoms with Crippen LogP contribution in [0.25, 0.3) is 16.0 Å². The number of fused-ring (bicyclic) bond motifs is 1. The number of nitrogens with zero attached hydrogens (tertiary/aromatic N) is 4. The highest BCUT2D eigenvalue weighted by Crippen LogP contribution is 2.31. The molecule has 4 rings (SSSR count). The standard InChI is InChI=1S/C21H19ClFN5OS/c1-13-19-20(28(26-13)15-6-4-3-5-7-15)25-21(30-19)27(2)12-18(29)24-11-14-8-9-17(23)16(22)10-14/h3-10H,11-12H2,1-2H3,(H,24,29). The molecule has 1 amide bonds. The SMILES string of the molecule is Cc1nn(-c2ccccc2)c2nc(N(C)CC(=O)NCc3ccc(F)c(Cl)c3)sc12. The van der Waals surface area contributed by atoms with Crippen molar-refractivity contribution in [2.75, 3.05) is 18.5 Å². The summed E-state index contributed by atoms with van der Waals surface area (Å²) in [5.41, 5.74) is 3.33. The summed E-state index contributed by atoms with van der Waals surface area (Å²) < 4.78 is 16.1. The van der Waals surface area contributed by atoms with Gasteiger partial charge in [0.25, 0.3) is 0 Å². The first-order valence-electron chi connectivity index (χ1n) is 9.25. The molecule has 2 aromatic heterocycles. The van der Waals surface area contributed by atoms with Crippen molar-refractivity contribution in [3.8, 4) is 5.69 Å². The molecule has 0 spiro atoms. The summed E-state index contributed by atoms with van der Waals surface area (Å²) in [4.78, 5) is 18.9. The molecule has 0 saturated carbocycles. The zero-order valence-corrected chi connectivity index (χ0v) is 18.0. The molecule has 2 aromatic carbocycles. The largest absolute Gasteiger partial charge is 0.350 e. The minimum Gasteiger partial charge on any atom is -0.350 e. The molecule has 0 fully saturated rings. The maximum absolute atomic E-state index is 13.2. The number of para-hydroxylation sites is 1. The number of nitrogens with one attached hydrogen (secondary N) is 1. The van der Waals surface area contributed by atoms with Gasteiger partial charge in [-0.1, -0.05) is 47.2 Å². The van der Waals surface area contributed by atoms with Gasteiger partial charge in [-0.2, -0.15) is 10.1 Å². The number of amides is 1. The van der Waals surface area contributed by atoms with Gasteiger partial charge in [0.2, 0.25) is 5.91 Å². The molecule has 0 bridgehead atoms. The number of aryl methyl sites for hydroxylation is 1. The number of hydrogen-bond donors (Lipinski definition) is 1. The Morgan fingerprint density at radius 2 is 2.03 bits per heavy atom. The molecule has 30 heavy (non-hydrogen) atoms. The van der Waals surface area contributed by atoms with E-state index < -0.39 is 5.82 Å². The summed E-state index contributed by atoms with van der Waals surface area (Å²) in [6, 6.07) is 14.2. The Labute approximate surface area is 181 Å². The van der Waals surface area contributed by atoms with Gasteiger partial charge >= 0.3 is 0 Å². The van der Waals surface area contributed by atoms with Crippen LogP contribution >= 0.6 is 22.9 Å². The number of anilines is 1. The molecular weight excluding hydrogens is 425 g/mol. The molecule has 0 atom stereocenters. The van der Waals surface area contributed by atoms with Gasteiger partial charge in [-0.25, -0.2) is 9.07 Å². The highest BCUT2D eigenvalue weighted by atomic mass is 35.5. The molecule has 9 heteroatoms. The van der Waals surface area contributed by atoms with E-state index >= 15 is 0 Å². The van der Waals surface area contributed by atoms with Gasteiger partial charge in [-0.3, -0.25) is 4.79 Å². The van der Waals surface area contributed by atoms with E-state index in [4.69, 9.17) is 16.6 Å². The van der Waals surface area contributed by atoms with Gasteiger partial charge in [-0.15, -0.1) is 0 Å². The Bertz CT molecular complexity index is 1210. The van der Waals surface area contributed by atoms with Crippen molar-refractivity contribution in [1.82, 2.24) is 20.1 Å². The van der Waals surface area contributed by atoms with E-state index in [9.17, 15) is 9.18 Å². The fraction of sp³-hybridized carbons (Fsp3) is 0.190. The lowest BCUT2D eigenvalue weighted by molar-refractivity contribution is -0.119. The fourth-order valence-electron chi connectivity index (χ4n) is 3.02. The number of hydrogen-bond acceptors (Lipinski definition) is 5. The van der Waals surface area contributed by atoms with Crippen LogP contribution in [0.5, 0.6) is 0 Å². The van der Waals surface area contributed by atoms with Crippen LogP contribution in [0, 0.1) is 12.7 Å². The number of rotatable bonds is 6. The second kappa shape index (κ2) is 8.41. The molecule has 0 saturated heterocycles. The van der Waals surface area contributed by atoms with Crippen LogP contribution in [-0.2, 0) is 11.3 Å². The quantitative estimate of drug-likeness (QED) is 0.481. The molecular formula is C21H19ClFN5OS. The lowest BCUT2D eigenvalue weighted by Gasteiger charge is -2.15. The Balaban J connectivity index is 1.46.